The van der Waals surface area contributed by atoms with Crippen molar-refractivity contribution in [3.05, 3.63) is 82.5 Å². The van der Waals surface area contributed by atoms with Crippen LogP contribution in [0.25, 0.3) is 11.3 Å². The number of thioether (sulfide) groups is 1. The number of nitrogens with one attached hydrogen (secondary N) is 1. The van der Waals surface area contributed by atoms with Gasteiger partial charge in [-0.25, -0.2) is 9.18 Å². The predicted octanol–water partition coefficient (Wildman–Crippen LogP) is 4.42. The molecule has 1 N–H and O–H groups in total. The molecule has 4 nitrogen and oxygen atoms in total. The SMILES string of the molecule is CSc1cc(-c2ccccc2)oc(=O)c1C(=O)Nc1ccc(F)cc1. The summed E-state index contributed by atoms with van der Waals surface area (Å²) in [5, 5.41) is 2.58. The molecule has 0 bridgehead atoms. The van der Waals surface area contributed by atoms with Crippen molar-refractivity contribution in [3.8, 4) is 11.3 Å². The third kappa shape index (κ3) is 3.80. The summed E-state index contributed by atoms with van der Waals surface area (Å²) >= 11 is 1.28. The number of hydrogen-bond donors (Lipinski definition) is 1. The summed E-state index contributed by atoms with van der Waals surface area (Å²) in [6.45, 7) is 0. The second kappa shape index (κ2) is 7.36. The van der Waals surface area contributed by atoms with Crippen LogP contribution in [0.3, 0.4) is 0 Å². The van der Waals surface area contributed by atoms with Gasteiger partial charge in [-0.2, -0.15) is 0 Å². The molecule has 3 rings (SSSR count). The molecule has 0 saturated carbocycles. The zero-order valence-corrected chi connectivity index (χ0v) is 14.1. The van der Waals surface area contributed by atoms with Crippen molar-refractivity contribution in [2.24, 2.45) is 0 Å². The summed E-state index contributed by atoms with van der Waals surface area (Å²) in [7, 11) is 0. The molecule has 0 aliphatic carbocycles. The zero-order valence-electron chi connectivity index (χ0n) is 13.3. The van der Waals surface area contributed by atoms with Crippen LogP contribution in [0.5, 0.6) is 0 Å². The molecular formula is C19H14FNO3S. The fourth-order valence-corrected chi connectivity index (χ4v) is 2.91. The maximum Gasteiger partial charge on any atom is 0.350 e. The smallest absolute Gasteiger partial charge is 0.350 e. The first-order chi connectivity index (χ1) is 12.1. The molecule has 0 fully saturated rings. The average molecular weight is 355 g/mol. The van der Waals surface area contributed by atoms with Crippen LogP contribution in [-0.4, -0.2) is 12.2 Å². The van der Waals surface area contributed by atoms with Crippen LogP contribution >= 0.6 is 11.8 Å². The number of hydrogen-bond acceptors (Lipinski definition) is 4. The fraction of sp³-hybridized carbons (Fsp3) is 0.0526. The molecule has 0 atom stereocenters. The van der Waals surface area contributed by atoms with Crippen LogP contribution in [0, 0.1) is 5.82 Å². The Morgan fingerprint density at radius 3 is 2.40 bits per heavy atom. The van der Waals surface area contributed by atoms with Crippen LogP contribution < -0.4 is 10.9 Å². The lowest BCUT2D eigenvalue weighted by Crippen LogP contribution is -2.22. The van der Waals surface area contributed by atoms with Crippen molar-refractivity contribution in [1.82, 2.24) is 0 Å². The number of carbonyl (C=O) groups is 1. The first-order valence-corrected chi connectivity index (χ1v) is 8.65. The maximum absolute atomic E-state index is 13.0. The lowest BCUT2D eigenvalue weighted by molar-refractivity contribution is 0.102. The minimum absolute atomic E-state index is 0.0727. The molecule has 0 aliphatic heterocycles. The van der Waals surface area contributed by atoms with Gasteiger partial charge in [0, 0.05) is 16.1 Å². The van der Waals surface area contributed by atoms with E-state index in [1.165, 1.54) is 36.0 Å². The van der Waals surface area contributed by atoms with Gasteiger partial charge in [-0.1, -0.05) is 30.3 Å². The molecule has 6 heteroatoms. The summed E-state index contributed by atoms with van der Waals surface area (Å²) in [4.78, 5) is 25.4. The molecule has 1 amide bonds. The van der Waals surface area contributed by atoms with E-state index in [1.807, 2.05) is 30.3 Å². The Morgan fingerprint density at radius 1 is 1.08 bits per heavy atom. The fourth-order valence-electron chi connectivity index (χ4n) is 2.31. The lowest BCUT2D eigenvalue weighted by atomic mass is 10.1. The third-order valence-corrected chi connectivity index (χ3v) is 4.28. The number of benzene rings is 2. The standard InChI is InChI=1S/C19H14FNO3S/c1-25-16-11-15(12-5-3-2-4-6-12)24-19(23)17(16)18(22)21-14-9-7-13(20)8-10-14/h2-11H,1H3,(H,21,22). The van der Waals surface area contributed by atoms with Gasteiger partial charge in [-0.15, -0.1) is 11.8 Å². The molecule has 2 aromatic carbocycles. The van der Waals surface area contributed by atoms with E-state index < -0.39 is 17.3 Å². The van der Waals surface area contributed by atoms with Gasteiger partial charge in [-0.05, 0) is 36.6 Å². The van der Waals surface area contributed by atoms with E-state index in [-0.39, 0.29) is 5.56 Å². The van der Waals surface area contributed by atoms with Gasteiger partial charge in [-0.3, -0.25) is 4.79 Å². The van der Waals surface area contributed by atoms with E-state index in [0.29, 0.717) is 16.3 Å². The number of halogens is 1. The zero-order chi connectivity index (χ0) is 17.8. The Hall–Kier alpha value is -2.86. The van der Waals surface area contributed by atoms with Gasteiger partial charge >= 0.3 is 5.63 Å². The second-order valence-electron chi connectivity index (χ2n) is 5.17. The van der Waals surface area contributed by atoms with Gasteiger partial charge in [0.2, 0.25) is 0 Å². The van der Waals surface area contributed by atoms with Gasteiger partial charge in [0.1, 0.15) is 17.1 Å². The summed E-state index contributed by atoms with van der Waals surface area (Å²) in [5.74, 6) is -0.605. The third-order valence-electron chi connectivity index (χ3n) is 3.52. The molecule has 0 spiro atoms. The normalized spacial score (nSPS) is 10.5. The molecule has 0 aliphatic rings. The Bertz CT molecular complexity index is 953. The van der Waals surface area contributed by atoms with Crippen molar-refractivity contribution < 1.29 is 13.6 Å². The quantitative estimate of drug-likeness (QED) is 0.704. The first kappa shape index (κ1) is 17.0. The van der Waals surface area contributed by atoms with Gasteiger partial charge < -0.3 is 9.73 Å². The van der Waals surface area contributed by atoms with Crippen LogP contribution in [0.2, 0.25) is 0 Å². The highest BCUT2D eigenvalue weighted by atomic mass is 32.2. The Kier molecular flexibility index (Phi) is 5.00. The van der Waals surface area contributed by atoms with E-state index in [4.69, 9.17) is 4.42 Å². The molecule has 0 saturated heterocycles. The highest BCUT2D eigenvalue weighted by Gasteiger charge is 2.19. The highest BCUT2D eigenvalue weighted by Crippen LogP contribution is 2.26. The van der Waals surface area contributed by atoms with Crippen LogP contribution in [-0.2, 0) is 0 Å². The number of rotatable bonds is 4. The Balaban J connectivity index is 1.97. The van der Waals surface area contributed by atoms with E-state index in [2.05, 4.69) is 5.32 Å². The van der Waals surface area contributed by atoms with Crippen molar-refractivity contribution >= 4 is 23.4 Å². The van der Waals surface area contributed by atoms with Crippen molar-refractivity contribution in [3.63, 3.8) is 0 Å². The minimum atomic E-state index is -0.717. The van der Waals surface area contributed by atoms with E-state index in [1.54, 1.807) is 12.3 Å². The monoisotopic (exact) mass is 355 g/mol. The van der Waals surface area contributed by atoms with Crippen molar-refractivity contribution in [2.75, 3.05) is 11.6 Å². The van der Waals surface area contributed by atoms with Gasteiger partial charge in [0.25, 0.3) is 5.91 Å². The number of carbonyl (C=O) groups excluding carboxylic acids is 1. The highest BCUT2D eigenvalue weighted by molar-refractivity contribution is 7.98. The second-order valence-corrected chi connectivity index (χ2v) is 6.02. The Labute approximate surface area is 147 Å². The largest absolute Gasteiger partial charge is 0.422 e. The summed E-state index contributed by atoms with van der Waals surface area (Å²) in [5.41, 5.74) is 0.354. The van der Waals surface area contributed by atoms with E-state index in [9.17, 15) is 14.0 Å². The van der Waals surface area contributed by atoms with Gasteiger partial charge in [0.15, 0.2) is 0 Å². The van der Waals surface area contributed by atoms with Crippen molar-refractivity contribution in [2.45, 2.75) is 4.90 Å². The molecule has 0 radical (unpaired) electrons. The first-order valence-electron chi connectivity index (χ1n) is 7.43. The number of amides is 1. The summed E-state index contributed by atoms with van der Waals surface area (Å²) < 4.78 is 18.3. The van der Waals surface area contributed by atoms with E-state index >= 15 is 0 Å². The van der Waals surface area contributed by atoms with Crippen molar-refractivity contribution in [1.29, 1.82) is 0 Å². The number of anilines is 1. The summed E-state index contributed by atoms with van der Waals surface area (Å²) in [6.07, 6.45) is 1.78. The molecule has 1 heterocycles. The van der Waals surface area contributed by atoms with E-state index in [0.717, 1.165) is 5.56 Å². The molecule has 0 unspecified atom stereocenters. The summed E-state index contributed by atoms with van der Waals surface area (Å²) in [6, 6.07) is 16.1. The molecule has 1 aromatic heterocycles. The van der Waals surface area contributed by atoms with Crippen LogP contribution in [0.1, 0.15) is 10.4 Å². The Morgan fingerprint density at radius 2 is 1.76 bits per heavy atom. The molecule has 3 aromatic rings. The topological polar surface area (TPSA) is 59.3 Å². The average Bonchev–Trinajstić information content (AvgIpc) is 2.63. The predicted molar refractivity (Wildman–Crippen MR) is 96.5 cm³/mol. The van der Waals surface area contributed by atoms with Crippen LogP contribution in [0.15, 0.2) is 74.8 Å². The molecule has 126 valence electrons. The molecular weight excluding hydrogens is 341 g/mol. The lowest BCUT2D eigenvalue weighted by Gasteiger charge is -2.09. The van der Waals surface area contributed by atoms with Crippen LogP contribution in [0.4, 0.5) is 10.1 Å². The minimum Gasteiger partial charge on any atom is -0.422 e. The maximum atomic E-state index is 13.0. The molecule has 25 heavy (non-hydrogen) atoms. The van der Waals surface area contributed by atoms with Gasteiger partial charge in [0.05, 0.1) is 0 Å².